The molecule has 1 fully saturated rings. The lowest BCUT2D eigenvalue weighted by molar-refractivity contribution is -0.117. The van der Waals surface area contributed by atoms with E-state index in [9.17, 15) is 9.59 Å². The average Bonchev–Trinajstić information content (AvgIpc) is 3.37. The van der Waals surface area contributed by atoms with E-state index < -0.39 is 0 Å². The van der Waals surface area contributed by atoms with E-state index in [4.69, 9.17) is 0 Å². The van der Waals surface area contributed by atoms with Gasteiger partial charge in [-0.2, -0.15) is 0 Å². The number of nitrogens with zero attached hydrogens (tertiary/aromatic N) is 2. The van der Waals surface area contributed by atoms with Gasteiger partial charge in [-0.25, -0.2) is 0 Å². The third-order valence-electron chi connectivity index (χ3n) is 5.28. The van der Waals surface area contributed by atoms with Gasteiger partial charge in [-0.05, 0) is 49.5 Å². The third-order valence-corrected chi connectivity index (χ3v) is 5.28. The van der Waals surface area contributed by atoms with Crippen LogP contribution in [0.1, 0.15) is 51.4 Å². The minimum atomic E-state index is 0.0340. The Balaban J connectivity index is 2.06. The zero-order valence-electron chi connectivity index (χ0n) is 17.5. The van der Waals surface area contributed by atoms with Gasteiger partial charge >= 0.3 is 0 Å². The molecular weight excluding hydrogens is 338 g/mol. The molecule has 5 nitrogen and oxygen atoms in total. The molecule has 2 rings (SSSR count). The van der Waals surface area contributed by atoms with Gasteiger partial charge in [0.05, 0.1) is 0 Å². The van der Waals surface area contributed by atoms with Crippen molar-refractivity contribution < 1.29 is 9.59 Å². The second-order valence-electron chi connectivity index (χ2n) is 8.06. The van der Waals surface area contributed by atoms with Gasteiger partial charge in [-0.15, -0.1) is 0 Å². The van der Waals surface area contributed by atoms with Crippen molar-refractivity contribution in [3.05, 3.63) is 29.8 Å². The number of carbonyl (C=O) groups is 2. The van der Waals surface area contributed by atoms with E-state index in [1.807, 2.05) is 23.1 Å². The summed E-state index contributed by atoms with van der Waals surface area (Å²) in [5.74, 6) is 1.09. The summed E-state index contributed by atoms with van der Waals surface area (Å²) in [6.45, 7) is 14.9. The van der Waals surface area contributed by atoms with E-state index in [1.165, 1.54) is 0 Å². The molecule has 27 heavy (non-hydrogen) atoms. The molecule has 1 aromatic rings. The lowest BCUT2D eigenvalue weighted by Crippen LogP contribution is -2.40. The number of hydrogen-bond donors (Lipinski definition) is 1. The van der Waals surface area contributed by atoms with Crippen LogP contribution in [0.15, 0.2) is 24.3 Å². The Bertz CT molecular complexity index is 640. The Morgan fingerprint density at radius 3 is 2.41 bits per heavy atom. The van der Waals surface area contributed by atoms with Crippen molar-refractivity contribution in [2.75, 3.05) is 38.0 Å². The second-order valence-corrected chi connectivity index (χ2v) is 8.06. The van der Waals surface area contributed by atoms with Crippen molar-refractivity contribution in [2.45, 2.75) is 41.0 Å². The predicted octanol–water partition coefficient (Wildman–Crippen LogP) is 3.72. The van der Waals surface area contributed by atoms with E-state index in [0.29, 0.717) is 23.1 Å². The van der Waals surface area contributed by atoms with Crippen LogP contribution in [0, 0.1) is 17.8 Å². The zero-order valence-corrected chi connectivity index (χ0v) is 17.5. The summed E-state index contributed by atoms with van der Waals surface area (Å²) in [7, 11) is 0. The Morgan fingerprint density at radius 1 is 1.19 bits per heavy atom. The molecule has 2 amide bonds. The largest absolute Gasteiger partial charge is 0.337 e. The molecule has 5 heteroatoms. The molecule has 2 atom stereocenters. The lowest BCUT2D eigenvalue weighted by Gasteiger charge is -2.28. The molecule has 1 saturated carbocycles. The van der Waals surface area contributed by atoms with Crippen LogP contribution in [0.25, 0.3) is 0 Å². The Kier molecular flexibility index (Phi) is 7.84. The summed E-state index contributed by atoms with van der Waals surface area (Å²) in [6, 6.07) is 7.34. The topological polar surface area (TPSA) is 52.6 Å². The summed E-state index contributed by atoms with van der Waals surface area (Å²) >= 11 is 0. The maximum absolute atomic E-state index is 13.1. The lowest BCUT2D eigenvalue weighted by atomic mass is 10.1. The van der Waals surface area contributed by atoms with Crippen molar-refractivity contribution in [3.63, 3.8) is 0 Å². The molecule has 1 aromatic carbocycles. The summed E-state index contributed by atoms with van der Waals surface area (Å²) in [5.41, 5.74) is 1.34. The molecule has 0 saturated heterocycles. The van der Waals surface area contributed by atoms with E-state index >= 15 is 0 Å². The maximum Gasteiger partial charge on any atom is 0.253 e. The predicted molar refractivity (Wildman–Crippen MR) is 111 cm³/mol. The minimum absolute atomic E-state index is 0.0340. The molecule has 0 aliphatic heterocycles. The van der Waals surface area contributed by atoms with Crippen molar-refractivity contribution in [3.8, 4) is 0 Å². The van der Waals surface area contributed by atoms with Gasteiger partial charge in [-0.3, -0.25) is 9.59 Å². The number of carbonyl (C=O) groups excluding carboxylic acids is 2. The number of hydrogen-bond acceptors (Lipinski definition) is 3. The smallest absolute Gasteiger partial charge is 0.253 e. The number of anilines is 1. The molecule has 1 aliphatic carbocycles. The summed E-state index contributed by atoms with van der Waals surface area (Å²) in [5, 5.41) is 2.96. The van der Waals surface area contributed by atoms with Gasteiger partial charge in [-0.1, -0.05) is 40.7 Å². The van der Waals surface area contributed by atoms with E-state index in [-0.39, 0.29) is 17.7 Å². The van der Waals surface area contributed by atoms with Gasteiger partial charge in [0.2, 0.25) is 5.91 Å². The number of likely N-dealkylation sites (N-methyl/N-ethyl adjacent to an activating group) is 1. The first-order chi connectivity index (χ1) is 12.8. The van der Waals surface area contributed by atoms with Crippen molar-refractivity contribution >= 4 is 17.5 Å². The van der Waals surface area contributed by atoms with Crippen molar-refractivity contribution in [1.29, 1.82) is 0 Å². The van der Waals surface area contributed by atoms with E-state index in [0.717, 1.165) is 39.1 Å². The van der Waals surface area contributed by atoms with Crippen LogP contribution >= 0.6 is 0 Å². The van der Waals surface area contributed by atoms with Crippen molar-refractivity contribution in [1.82, 2.24) is 9.80 Å². The standard InChI is InChI=1S/C22H35N3O2/c1-6-24(7-2)11-12-25(15-16(3)4)22(27)18-9-8-10-19(14-18)23-21(26)20-13-17(20)5/h8-10,14,16-17,20H,6-7,11-13,15H2,1-5H3,(H,23,26). The van der Waals surface area contributed by atoms with Crippen LogP contribution in [0.2, 0.25) is 0 Å². The number of nitrogens with one attached hydrogen (secondary N) is 1. The van der Waals surface area contributed by atoms with Crippen LogP contribution in [0.5, 0.6) is 0 Å². The molecule has 150 valence electrons. The first-order valence-electron chi connectivity index (χ1n) is 10.3. The molecular formula is C22H35N3O2. The van der Waals surface area contributed by atoms with Crippen LogP contribution in [0.4, 0.5) is 5.69 Å². The molecule has 0 spiro atoms. The molecule has 0 aromatic heterocycles. The molecule has 1 N–H and O–H groups in total. The quantitative estimate of drug-likeness (QED) is 0.680. The Labute approximate surface area is 164 Å². The van der Waals surface area contributed by atoms with Crippen LogP contribution < -0.4 is 5.32 Å². The Morgan fingerprint density at radius 2 is 1.85 bits per heavy atom. The SMILES string of the molecule is CCN(CC)CCN(CC(C)C)C(=O)c1cccc(NC(=O)C2CC2C)c1. The fourth-order valence-electron chi connectivity index (χ4n) is 3.35. The zero-order chi connectivity index (χ0) is 20.0. The fraction of sp³-hybridized carbons (Fsp3) is 0.636. The minimum Gasteiger partial charge on any atom is -0.337 e. The molecule has 0 heterocycles. The fourth-order valence-corrected chi connectivity index (χ4v) is 3.35. The first-order valence-corrected chi connectivity index (χ1v) is 10.3. The maximum atomic E-state index is 13.1. The highest BCUT2D eigenvalue weighted by atomic mass is 16.2. The van der Waals surface area contributed by atoms with Gasteiger partial charge in [0, 0.05) is 36.8 Å². The van der Waals surface area contributed by atoms with Gasteiger partial charge < -0.3 is 15.1 Å². The molecule has 0 radical (unpaired) electrons. The molecule has 1 aliphatic rings. The second kappa shape index (κ2) is 9.88. The molecule has 2 unspecified atom stereocenters. The highest BCUT2D eigenvalue weighted by molar-refractivity contribution is 5.98. The molecule has 0 bridgehead atoms. The van der Waals surface area contributed by atoms with Gasteiger partial charge in [0.15, 0.2) is 0 Å². The summed E-state index contributed by atoms with van der Waals surface area (Å²) in [4.78, 5) is 29.5. The van der Waals surface area contributed by atoms with Gasteiger partial charge in [0.25, 0.3) is 5.91 Å². The van der Waals surface area contributed by atoms with E-state index in [1.54, 1.807) is 6.07 Å². The monoisotopic (exact) mass is 373 g/mol. The van der Waals surface area contributed by atoms with Gasteiger partial charge in [0.1, 0.15) is 0 Å². The normalized spacial score (nSPS) is 18.6. The average molecular weight is 374 g/mol. The Hall–Kier alpha value is -1.88. The number of benzene rings is 1. The van der Waals surface area contributed by atoms with Crippen LogP contribution in [-0.2, 0) is 4.79 Å². The summed E-state index contributed by atoms with van der Waals surface area (Å²) < 4.78 is 0. The van der Waals surface area contributed by atoms with E-state index in [2.05, 4.69) is 44.8 Å². The highest BCUT2D eigenvalue weighted by Gasteiger charge is 2.39. The van der Waals surface area contributed by atoms with Crippen LogP contribution in [0.3, 0.4) is 0 Å². The number of amides is 2. The number of rotatable bonds is 10. The van der Waals surface area contributed by atoms with Crippen LogP contribution in [-0.4, -0.2) is 54.3 Å². The highest BCUT2D eigenvalue weighted by Crippen LogP contribution is 2.38. The third kappa shape index (κ3) is 6.35. The first kappa shape index (κ1) is 21.4. The summed E-state index contributed by atoms with van der Waals surface area (Å²) in [6.07, 6.45) is 0.956. The van der Waals surface area contributed by atoms with Crippen molar-refractivity contribution in [2.24, 2.45) is 17.8 Å².